The molecule has 1 N–H and O–H groups in total. The van der Waals surface area contributed by atoms with Gasteiger partial charge in [-0.15, -0.1) is 5.10 Å². The summed E-state index contributed by atoms with van der Waals surface area (Å²) in [4.78, 5) is 2.51. The quantitative estimate of drug-likeness (QED) is 0.812. The zero-order chi connectivity index (χ0) is 13.9. The molecule has 1 aliphatic heterocycles. The van der Waals surface area contributed by atoms with Crippen LogP contribution in [0.1, 0.15) is 51.4 Å². The fourth-order valence-electron chi connectivity index (χ4n) is 3.06. The summed E-state index contributed by atoms with van der Waals surface area (Å²) in [7, 11) is 0. The highest BCUT2D eigenvalue weighted by molar-refractivity contribution is 4.91. The Kier molecular flexibility index (Phi) is 4.31. The summed E-state index contributed by atoms with van der Waals surface area (Å²) in [6, 6.07) is 1.20. The molecule has 0 amide bonds. The van der Waals surface area contributed by atoms with Crippen molar-refractivity contribution < 1.29 is 0 Å². The molecule has 2 fully saturated rings. The Morgan fingerprint density at radius 3 is 2.85 bits per heavy atom. The van der Waals surface area contributed by atoms with Crippen molar-refractivity contribution in [3.05, 3.63) is 5.82 Å². The normalized spacial score (nSPS) is 23.1. The van der Waals surface area contributed by atoms with Gasteiger partial charge in [-0.25, -0.2) is 4.68 Å². The second kappa shape index (κ2) is 6.18. The Balaban J connectivity index is 1.63. The van der Waals surface area contributed by atoms with Crippen molar-refractivity contribution in [2.24, 2.45) is 5.92 Å². The number of hydrogen-bond donors (Lipinski definition) is 1. The molecule has 0 bridgehead atoms. The lowest BCUT2D eigenvalue weighted by Crippen LogP contribution is -2.39. The lowest BCUT2D eigenvalue weighted by atomic mass is 10.1. The van der Waals surface area contributed by atoms with Crippen LogP contribution in [0.25, 0.3) is 0 Å². The highest BCUT2D eigenvalue weighted by Crippen LogP contribution is 2.34. The molecule has 1 saturated carbocycles. The highest BCUT2D eigenvalue weighted by Gasteiger charge is 2.28. The van der Waals surface area contributed by atoms with Gasteiger partial charge in [-0.2, -0.15) is 0 Å². The molecular formula is C14H26N6. The van der Waals surface area contributed by atoms with Crippen LogP contribution in [-0.4, -0.2) is 50.8 Å². The van der Waals surface area contributed by atoms with Crippen LogP contribution in [-0.2, 0) is 6.54 Å². The van der Waals surface area contributed by atoms with Crippen LogP contribution < -0.4 is 5.32 Å². The molecule has 1 atom stereocenters. The lowest BCUT2D eigenvalue weighted by Gasteiger charge is -2.26. The molecule has 1 saturated heterocycles. The standard InChI is InChI=1S/C14H26N6/c1-11(2)8-19(9-12-4-3-7-15-12)10-14-16-17-18-20(14)13-5-6-13/h11-13,15H,3-10H2,1-2H3. The monoisotopic (exact) mass is 278 g/mol. The van der Waals surface area contributed by atoms with E-state index in [1.165, 1.54) is 32.2 Å². The molecular weight excluding hydrogens is 252 g/mol. The van der Waals surface area contributed by atoms with E-state index in [-0.39, 0.29) is 0 Å². The minimum absolute atomic E-state index is 0.561. The number of aromatic nitrogens is 4. The first kappa shape index (κ1) is 13.9. The van der Waals surface area contributed by atoms with E-state index < -0.39 is 0 Å². The van der Waals surface area contributed by atoms with Crippen LogP contribution in [0.3, 0.4) is 0 Å². The van der Waals surface area contributed by atoms with Gasteiger partial charge in [0, 0.05) is 19.1 Å². The summed E-state index contributed by atoms with van der Waals surface area (Å²) < 4.78 is 2.04. The van der Waals surface area contributed by atoms with Crippen LogP contribution in [0, 0.1) is 5.92 Å². The van der Waals surface area contributed by atoms with Crippen LogP contribution in [0.15, 0.2) is 0 Å². The zero-order valence-corrected chi connectivity index (χ0v) is 12.6. The Morgan fingerprint density at radius 2 is 2.20 bits per heavy atom. The number of hydrogen-bond acceptors (Lipinski definition) is 5. The molecule has 2 aliphatic rings. The molecule has 2 heterocycles. The van der Waals surface area contributed by atoms with Gasteiger partial charge in [-0.05, 0) is 48.6 Å². The van der Waals surface area contributed by atoms with Gasteiger partial charge in [0.2, 0.25) is 0 Å². The van der Waals surface area contributed by atoms with Crippen LogP contribution >= 0.6 is 0 Å². The third-order valence-electron chi connectivity index (χ3n) is 4.08. The van der Waals surface area contributed by atoms with Crippen LogP contribution in [0.2, 0.25) is 0 Å². The predicted molar refractivity (Wildman–Crippen MR) is 77.2 cm³/mol. The summed E-state index contributed by atoms with van der Waals surface area (Å²) in [5.41, 5.74) is 0. The van der Waals surface area contributed by atoms with E-state index in [2.05, 4.69) is 39.6 Å². The maximum atomic E-state index is 4.24. The predicted octanol–water partition coefficient (Wildman–Crippen LogP) is 1.22. The van der Waals surface area contributed by atoms with Crippen molar-refractivity contribution in [1.82, 2.24) is 30.4 Å². The smallest absolute Gasteiger partial charge is 0.165 e. The first-order valence-corrected chi connectivity index (χ1v) is 7.95. The average molecular weight is 278 g/mol. The maximum Gasteiger partial charge on any atom is 0.165 e. The Hall–Kier alpha value is -1.01. The number of nitrogens with one attached hydrogen (secondary N) is 1. The molecule has 1 unspecified atom stereocenters. The third-order valence-corrected chi connectivity index (χ3v) is 4.08. The number of tetrazole rings is 1. The molecule has 0 radical (unpaired) electrons. The van der Waals surface area contributed by atoms with E-state index in [1.54, 1.807) is 0 Å². The Labute approximate surface area is 120 Å². The summed E-state index contributed by atoms with van der Waals surface area (Å²) in [5.74, 6) is 1.70. The van der Waals surface area contributed by atoms with Crippen molar-refractivity contribution in [2.75, 3.05) is 19.6 Å². The van der Waals surface area contributed by atoms with Crippen LogP contribution in [0.4, 0.5) is 0 Å². The summed E-state index contributed by atoms with van der Waals surface area (Å²) >= 11 is 0. The summed E-state index contributed by atoms with van der Waals surface area (Å²) in [5, 5.41) is 15.9. The van der Waals surface area contributed by atoms with E-state index in [1.807, 2.05) is 4.68 Å². The molecule has 112 valence electrons. The van der Waals surface area contributed by atoms with Gasteiger partial charge in [-0.1, -0.05) is 13.8 Å². The average Bonchev–Trinajstić information content (AvgIpc) is 2.92. The largest absolute Gasteiger partial charge is 0.313 e. The molecule has 6 heteroatoms. The van der Waals surface area contributed by atoms with E-state index in [0.29, 0.717) is 18.0 Å². The topological polar surface area (TPSA) is 58.9 Å². The fraction of sp³-hybridized carbons (Fsp3) is 0.929. The number of rotatable bonds is 7. The van der Waals surface area contributed by atoms with Crippen molar-refractivity contribution >= 4 is 0 Å². The SMILES string of the molecule is CC(C)CN(Cc1nnnn1C1CC1)CC1CCCN1. The lowest BCUT2D eigenvalue weighted by molar-refractivity contribution is 0.207. The van der Waals surface area contributed by atoms with Crippen LogP contribution in [0.5, 0.6) is 0 Å². The molecule has 0 spiro atoms. The first-order chi connectivity index (χ1) is 9.72. The van der Waals surface area contributed by atoms with Gasteiger partial charge in [0.1, 0.15) is 0 Å². The molecule has 1 aromatic rings. The van der Waals surface area contributed by atoms with Crippen molar-refractivity contribution in [2.45, 2.75) is 58.2 Å². The van der Waals surface area contributed by atoms with Gasteiger partial charge in [0.05, 0.1) is 12.6 Å². The van der Waals surface area contributed by atoms with Gasteiger partial charge in [0.25, 0.3) is 0 Å². The summed E-state index contributed by atoms with van der Waals surface area (Å²) in [6.07, 6.45) is 5.06. The molecule has 6 nitrogen and oxygen atoms in total. The third kappa shape index (κ3) is 3.55. The molecule has 1 aromatic heterocycles. The molecule has 3 rings (SSSR count). The van der Waals surface area contributed by atoms with E-state index >= 15 is 0 Å². The second-order valence-corrected chi connectivity index (χ2v) is 6.65. The number of nitrogens with zero attached hydrogens (tertiary/aromatic N) is 5. The van der Waals surface area contributed by atoms with Gasteiger partial charge in [-0.3, -0.25) is 4.90 Å². The van der Waals surface area contributed by atoms with Gasteiger partial charge in [0.15, 0.2) is 5.82 Å². The second-order valence-electron chi connectivity index (χ2n) is 6.65. The minimum Gasteiger partial charge on any atom is -0.313 e. The fourth-order valence-corrected chi connectivity index (χ4v) is 3.06. The Morgan fingerprint density at radius 1 is 1.35 bits per heavy atom. The van der Waals surface area contributed by atoms with E-state index in [0.717, 1.165) is 25.5 Å². The Bertz CT molecular complexity index is 419. The van der Waals surface area contributed by atoms with Crippen molar-refractivity contribution in [1.29, 1.82) is 0 Å². The van der Waals surface area contributed by atoms with Gasteiger partial charge >= 0.3 is 0 Å². The summed E-state index contributed by atoms with van der Waals surface area (Å²) in [6.45, 7) is 8.81. The van der Waals surface area contributed by atoms with E-state index in [9.17, 15) is 0 Å². The molecule has 1 aliphatic carbocycles. The minimum atomic E-state index is 0.561. The maximum absolute atomic E-state index is 4.24. The zero-order valence-electron chi connectivity index (χ0n) is 12.6. The highest BCUT2D eigenvalue weighted by atomic mass is 15.6. The van der Waals surface area contributed by atoms with E-state index in [4.69, 9.17) is 0 Å². The first-order valence-electron chi connectivity index (χ1n) is 7.95. The van der Waals surface area contributed by atoms with Crippen molar-refractivity contribution in [3.63, 3.8) is 0 Å². The van der Waals surface area contributed by atoms with Crippen molar-refractivity contribution in [3.8, 4) is 0 Å². The van der Waals surface area contributed by atoms with Gasteiger partial charge < -0.3 is 5.32 Å². The molecule has 0 aromatic carbocycles. The molecule has 20 heavy (non-hydrogen) atoms.